The average Bonchev–Trinajstić information content (AvgIpc) is 2.69. The molecule has 1 rings (SSSR count). The molecule has 0 aliphatic carbocycles. The molecule has 0 aromatic carbocycles. The molecule has 1 heterocycles. The molecule has 3 heteroatoms. The summed E-state index contributed by atoms with van der Waals surface area (Å²) in [4.78, 5) is 2.02. The molecule has 0 radical (unpaired) electrons. The van der Waals surface area contributed by atoms with Crippen molar-refractivity contribution in [2.24, 2.45) is 0 Å². The van der Waals surface area contributed by atoms with Crippen molar-refractivity contribution in [3.05, 3.63) is 24.2 Å². The number of furan rings is 1. The molecule has 0 spiro atoms. The van der Waals surface area contributed by atoms with E-state index in [0.717, 1.165) is 25.1 Å². The van der Waals surface area contributed by atoms with Crippen LogP contribution < -0.4 is 0 Å². The highest BCUT2D eigenvalue weighted by Gasteiger charge is 2.17. The third-order valence-corrected chi connectivity index (χ3v) is 2.24. The van der Waals surface area contributed by atoms with Crippen LogP contribution in [0, 0.1) is 11.3 Å². The fraction of sp³-hybridized carbons (Fsp3) is 0.545. The van der Waals surface area contributed by atoms with Gasteiger partial charge in [-0.1, -0.05) is 13.3 Å². The highest BCUT2D eigenvalue weighted by atomic mass is 16.3. The SMILES string of the molecule is CCCCN(C)C(C#N)c1ccco1. The lowest BCUT2D eigenvalue weighted by Crippen LogP contribution is -2.24. The van der Waals surface area contributed by atoms with Gasteiger partial charge in [0.25, 0.3) is 0 Å². The van der Waals surface area contributed by atoms with Crippen LogP contribution in [-0.2, 0) is 0 Å². The molecule has 0 N–H and O–H groups in total. The summed E-state index contributed by atoms with van der Waals surface area (Å²) >= 11 is 0. The van der Waals surface area contributed by atoms with Crippen LogP contribution in [0.4, 0.5) is 0 Å². The standard InChI is InChI=1S/C11H16N2O/c1-3-4-7-13(2)10(9-12)11-6-5-8-14-11/h5-6,8,10H,3-4,7H2,1-2H3. The number of hydrogen-bond acceptors (Lipinski definition) is 3. The Balaban J connectivity index is 2.59. The van der Waals surface area contributed by atoms with E-state index < -0.39 is 0 Å². The molecule has 1 atom stereocenters. The van der Waals surface area contributed by atoms with Crippen LogP contribution in [0.25, 0.3) is 0 Å². The van der Waals surface area contributed by atoms with Gasteiger partial charge in [0.15, 0.2) is 6.04 Å². The highest BCUT2D eigenvalue weighted by Crippen LogP contribution is 2.18. The van der Waals surface area contributed by atoms with Gasteiger partial charge in [-0.25, -0.2) is 0 Å². The zero-order valence-electron chi connectivity index (χ0n) is 8.73. The Bertz CT molecular complexity index is 287. The Morgan fingerprint density at radius 1 is 1.64 bits per heavy atom. The van der Waals surface area contributed by atoms with E-state index >= 15 is 0 Å². The third-order valence-electron chi connectivity index (χ3n) is 2.24. The zero-order chi connectivity index (χ0) is 10.4. The minimum atomic E-state index is -0.253. The van der Waals surface area contributed by atoms with Gasteiger partial charge in [0, 0.05) is 0 Å². The van der Waals surface area contributed by atoms with Gasteiger partial charge in [0.2, 0.25) is 0 Å². The molecule has 0 aliphatic heterocycles. The lowest BCUT2D eigenvalue weighted by Gasteiger charge is -2.20. The summed E-state index contributed by atoms with van der Waals surface area (Å²) in [7, 11) is 1.95. The quantitative estimate of drug-likeness (QED) is 0.719. The van der Waals surface area contributed by atoms with Gasteiger partial charge in [-0.2, -0.15) is 5.26 Å². The van der Waals surface area contributed by atoms with Crippen molar-refractivity contribution in [2.45, 2.75) is 25.8 Å². The first-order chi connectivity index (χ1) is 6.79. The maximum absolute atomic E-state index is 9.02. The highest BCUT2D eigenvalue weighted by molar-refractivity contribution is 5.12. The van der Waals surface area contributed by atoms with Crippen molar-refractivity contribution in [2.75, 3.05) is 13.6 Å². The van der Waals surface area contributed by atoms with Crippen molar-refractivity contribution in [3.63, 3.8) is 0 Å². The normalized spacial score (nSPS) is 12.7. The second-order valence-corrected chi connectivity index (χ2v) is 3.38. The first kappa shape index (κ1) is 10.8. The summed E-state index contributed by atoms with van der Waals surface area (Å²) in [5.74, 6) is 0.728. The molecule has 0 aliphatic rings. The van der Waals surface area contributed by atoms with Gasteiger partial charge < -0.3 is 4.42 Å². The van der Waals surface area contributed by atoms with Crippen LogP contribution in [0.1, 0.15) is 31.6 Å². The Kier molecular flexibility index (Phi) is 4.21. The maximum atomic E-state index is 9.02. The van der Waals surface area contributed by atoms with Gasteiger partial charge in [-0.3, -0.25) is 4.90 Å². The fourth-order valence-corrected chi connectivity index (χ4v) is 1.36. The summed E-state index contributed by atoms with van der Waals surface area (Å²) in [5.41, 5.74) is 0. The lowest BCUT2D eigenvalue weighted by atomic mass is 10.2. The van der Waals surface area contributed by atoms with Crippen LogP contribution >= 0.6 is 0 Å². The average molecular weight is 192 g/mol. The maximum Gasteiger partial charge on any atom is 0.156 e. The van der Waals surface area contributed by atoms with E-state index in [1.165, 1.54) is 0 Å². The van der Waals surface area contributed by atoms with E-state index in [4.69, 9.17) is 9.68 Å². The monoisotopic (exact) mass is 192 g/mol. The summed E-state index contributed by atoms with van der Waals surface area (Å²) in [5, 5.41) is 9.02. The molecule has 0 fully saturated rings. The topological polar surface area (TPSA) is 40.2 Å². The first-order valence-corrected chi connectivity index (χ1v) is 4.92. The van der Waals surface area contributed by atoms with Gasteiger partial charge >= 0.3 is 0 Å². The number of hydrogen-bond donors (Lipinski definition) is 0. The summed E-state index contributed by atoms with van der Waals surface area (Å²) in [6.45, 7) is 3.07. The number of rotatable bonds is 5. The number of nitriles is 1. The van der Waals surface area contributed by atoms with E-state index in [-0.39, 0.29) is 6.04 Å². The number of nitrogens with zero attached hydrogens (tertiary/aromatic N) is 2. The minimum Gasteiger partial charge on any atom is -0.467 e. The van der Waals surface area contributed by atoms with Crippen LogP contribution in [0.15, 0.2) is 22.8 Å². The largest absolute Gasteiger partial charge is 0.467 e. The van der Waals surface area contributed by atoms with Crippen molar-refractivity contribution in [1.29, 1.82) is 5.26 Å². The predicted octanol–water partition coefficient (Wildman–Crippen LogP) is 2.58. The summed E-state index contributed by atoms with van der Waals surface area (Å²) < 4.78 is 5.22. The Morgan fingerprint density at radius 3 is 2.93 bits per heavy atom. The molecule has 3 nitrogen and oxygen atoms in total. The molecular weight excluding hydrogens is 176 g/mol. The molecule has 0 bridgehead atoms. The van der Waals surface area contributed by atoms with Crippen LogP contribution in [0.2, 0.25) is 0 Å². The van der Waals surface area contributed by atoms with E-state index in [0.29, 0.717) is 0 Å². The van der Waals surface area contributed by atoms with Crippen molar-refractivity contribution in [3.8, 4) is 6.07 Å². The molecule has 76 valence electrons. The molecule has 0 amide bonds. The lowest BCUT2D eigenvalue weighted by molar-refractivity contribution is 0.256. The minimum absolute atomic E-state index is 0.253. The number of unbranched alkanes of at least 4 members (excludes halogenated alkanes) is 1. The van der Waals surface area contributed by atoms with Gasteiger partial charge in [-0.05, 0) is 32.1 Å². The molecule has 0 saturated carbocycles. The third kappa shape index (κ3) is 2.61. The second kappa shape index (κ2) is 5.46. The molecular formula is C11H16N2O. The van der Waals surface area contributed by atoms with E-state index in [9.17, 15) is 0 Å². The molecule has 0 saturated heterocycles. The Morgan fingerprint density at radius 2 is 2.43 bits per heavy atom. The van der Waals surface area contributed by atoms with E-state index in [1.54, 1.807) is 6.26 Å². The van der Waals surface area contributed by atoms with E-state index in [2.05, 4.69) is 13.0 Å². The molecule has 1 unspecified atom stereocenters. The van der Waals surface area contributed by atoms with Gasteiger partial charge in [0.1, 0.15) is 5.76 Å². The van der Waals surface area contributed by atoms with Crippen molar-refractivity contribution >= 4 is 0 Å². The summed E-state index contributed by atoms with van der Waals surface area (Å²) in [6, 6.07) is 5.65. The van der Waals surface area contributed by atoms with Crippen LogP contribution in [-0.4, -0.2) is 18.5 Å². The second-order valence-electron chi connectivity index (χ2n) is 3.38. The smallest absolute Gasteiger partial charge is 0.156 e. The fourth-order valence-electron chi connectivity index (χ4n) is 1.36. The Labute approximate surface area is 84.9 Å². The van der Waals surface area contributed by atoms with Crippen molar-refractivity contribution < 1.29 is 4.42 Å². The zero-order valence-corrected chi connectivity index (χ0v) is 8.73. The predicted molar refractivity (Wildman–Crippen MR) is 54.6 cm³/mol. The Hall–Kier alpha value is -1.27. The summed E-state index contributed by atoms with van der Waals surface area (Å²) in [6.07, 6.45) is 3.85. The van der Waals surface area contributed by atoms with E-state index in [1.807, 2.05) is 24.1 Å². The molecule has 1 aromatic rings. The van der Waals surface area contributed by atoms with Crippen LogP contribution in [0.5, 0.6) is 0 Å². The molecule has 1 aromatic heterocycles. The van der Waals surface area contributed by atoms with Gasteiger partial charge in [0.05, 0.1) is 12.3 Å². The van der Waals surface area contributed by atoms with Crippen LogP contribution in [0.3, 0.4) is 0 Å². The van der Waals surface area contributed by atoms with Crippen molar-refractivity contribution in [1.82, 2.24) is 4.90 Å². The first-order valence-electron chi connectivity index (χ1n) is 4.92. The molecule has 14 heavy (non-hydrogen) atoms. The van der Waals surface area contributed by atoms with Gasteiger partial charge in [-0.15, -0.1) is 0 Å².